The predicted octanol–water partition coefficient (Wildman–Crippen LogP) is 5.42. The van der Waals surface area contributed by atoms with Gasteiger partial charge in [-0.15, -0.1) is 0 Å². The third-order valence-corrected chi connectivity index (χ3v) is 7.52. The number of para-hydroxylation sites is 1. The predicted molar refractivity (Wildman–Crippen MR) is 154 cm³/mol. The number of rotatable bonds is 10. The zero-order valence-electron chi connectivity index (χ0n) is 22.8. The van der Waals surface area contributed by atoms with Crippen LogP contribution in [0.25, 0.3) is 6.08 Å². The number of nitrogens with zero attached hydrogens (tertiary/aromatic N) is 2. The first-order chi connectivity index (χ1) is 18.7. The number of carbonyl (C=O) groups is 1. The van der Waals surface area contributed by atoms with E-state index in [1.165, 1.54) is 11.3 Å². The maximum atomic E-state index is 13.9. The van der Waals surface area contributed by atoms with E-state index < -0.39 is 12.0 Å². The van der Waals surface area contributed by atoms with E-state index in [-0.39, 0.29) is 11.7 Å². The second-order valence-electron chi connectivity index (χ2n) is 9.52. The summed E-state index contributed by atoms with van der Waals surface area (Å²) >= 11 is 7.41. The third-order valence-electron chi connectivity index (χ3n) is 6.28. The van der Waals surface area contributed by atoms with Crippen LogP contribution in [0, 0.1) is 0 Å². The first kappa shape index (κ1) is 28.6. The van der Waals surface area contributed by atoms with Gasteiger partial charge in [-0.1, -0.05) is 67.0 Å². The van der Waals surface area contributed by atoms with Gasteiger partial charge in [-0.25, -0.2) is 9.79 Å². The van der Waals surface area contributed by atoms with E-state index in [1.54, 1.807) is 50.7 Å². The molecule has 0 radical (unpaired) electrons. The van der Waals surface area contributed by atoms with Gasteiger partial charge in [-0.3, -0.25) is 9.36 Å². The molecule has 1 atom stereocenters. The highest BCUT2D eigenvalue weighted by atomic mass is 35.5. The van der Waals surface area contributed by atoms with E-state index >= 15 is 0 Å². The van der Waals surface area contributed by atoms with Gasteiger partial charge in [0.25, 0.3) is 5.56 Å². The van der Waals surface area contributed by atoms with Crippen LogP contribution >= 0.6 is 22.9 Å². The number of hydrogen-bond acceptors (Lipinski definition) is 7. The average molecular weight is 569 g/mol. The van der Waals surface area contributed by atoms with Crippen molar-refractivity contribution in [3.8, 4) is 11.5 Å². The van der Waals surface area contributed by atoms with Crippen molar-refractivity contribution in [1.82, 2.24) is 4.57 Å². The van der Waals surface area contributed by atoms with Crippen LogP contribution in [0.15, 0.2) is 63.5 Å². The van der Waals surface area contributed by atoms with E-state index in [1.807, 2.05) is 30.3 Å². The standard InChI is InChI=1S/C30H33ClN2O5S/c1-6-7-8-16-37-27-21(10-9-11-23(27)36-5)17-24-28(34)33-26(20-12-14-22(31)15-13-20)25(29(35)38-18(2)3)19(4)32-30(33)39-24/h9-15,17-18,26H,6-8,16H2,1-5H3. The molecule has 2 aromatic carbocycles. The molecular weight excluding hydrogens is 536 g/mol. The van der Waals surface area contributed by atoms with Crippen molar-refractivity contribution in [2.75, 3.05) is 13.7 Å². The van der Waals surface area contributed by atoms with Crippen LogP contribution in [0.2, 0.25) is 5.02 Å². The molecular formula is C30H33ClN2O5S. The number of ether oxygens (including phenoxy) is 3. The van der Waals surface area contributed by atoms with Crippen LogP contribution in [0.5, 0.6) is 11.5 Å². The molecule has 0 saturated heterocycles. The lowest BCUT2D eigenvalue weighted by Gasteiger charge is -2.25. The number of carbonyl (C=O) groups excluding carboxylic acids is 1. The molecule has 1 unspecified atom stereocenters. The number of unbranched alkanes of at least 4 members (excludes halogenated alkanes) is 2. The van der Waals surface area contributed by atoms with Crippen molar-refractivity contribution in [2.45, 2.75) is 59.1 Å². The van der Waals surface area contributed by atoms with Crippen LogP contribution in [-0.2, 0) is 9.53 Å². The molecule has 3 aromatic rings. The number of halogens is 1. The molecule has 1 aromatic heterocycles. The molecule has 0 saturated carbocycles. The van der Waals surface area contributed by atoms with E-state index in [9.17, 15) is 9.59 Å². The maximum absolute atomic E-state index is 13.9. The zero-order valence-corrected chi connectivity index (χ0v) is 24.4. The Labute approximate surface area is 237 Å². The number of aromatic nitrogens is 1. The topological polar surface area (TPSA) is 79.1 Å². The number of hydrogen-bond donors (Lipinski definition) is 0. The summed E-state index contributed by atoms with van der Waals surface area (Å²) in [6, 6.07) is 12.0. The molecule has 0 fully saturated rings. The van der Waals surface area contributed by atoms with Crippen molar-refractivity contribution in [2.24, 2.45) is 4.99 Å². The molecule has 4 rings (SSSR count). The van der Waals surface area contributed by atoms with Crippen molar-refractivity contribution >= 4 is 35.0 Å². The van der Waals surface area contributed by atoms with Crippen molar-refractivity contribution in [1.29, 1.82) is 0 Å². The Balaban J connectivity index is 1.87. The molecule has 7 nitrogen and oxygen atoms in total. The van der Waals surface area contributed by atoms with Crippen molar-refractivity contribution < 1.29 is 19.0 Å². The lowest BCUT2D eigenvalue weighted by atomic mass is 9.96. The summed E-state index contributed by atoms with van der Waals surface area (Å²) in [5, 5.41) is 0.558. The number of thiazole rings is 1. The van der Waals surface area contributed by atoms with Gasteiger partial charge in [-0.05, 0) is 57.0 Å². The minimum absolute atomic E-state index is 0.263. The zero-order chi connectivity index (χ0) is 28.1. The fourth-order valence-corrected chi connectivity index (χ4v) is 5.61. The number of benzene rings is 2. The Morgan fingerprint density at radius 2 is 1.92 bits per heavy atom. The molecule has 0 bridgehead atoms. The molecule has 0 spiro atoms. The van der Waals surface area contributed by atoms with Crippen LogP contribution in [0.1, 0.15) is 64.1 Å². The molecule has 9 heteroatoms. The smallest absolute Gasteiger partial charge is 0.338 e. The first-order valence-corrected chi connectivity index (χ1v) is 14.2. The molecule has 1 aliphatic heterocycles. The number of allylic oxidation sites excluding steroid dienone is 1. The fourth-order valence-electron chi connectivity index (χ4n) is 4.45. The Kier molecular flexibility index (Phi) is 9.30. The van der Waals surface area contributed by atoms with Gasteiger partial charge in [0.05, 0.1) is 41.7 Å². The second-order valence-corrected chi connectivity index (χ2v) is 11.0. The van der Waals surface area contributed by atoms with E-state index in [2.05, 4.69) is 11.9 Å². The van der Waals surface area contributed by atoms with Gasteiger partial charge in [0.1, 0.15) is 0 Å². The Hall–Kier alpha value is -3.36. The average Bonchev–Trinajstić information content (AvgIpc) is 3.20. The monoisotopic (exact) mass is 568 g/mol. The summed E-state index contributed by atoms with van der Waals surface area (Å²) in [6.45, 7) is 8.03. The van der Waals surface area contributed by atoms with Gasteiger partial charge < -0.3 is 14.2 Å². The SMILES string of the molecule is CCCCCOc1c(C=c2sc3n(c2=O)C(c2ccc(Cl)cc2)C(C(=O)OC(C)C)=C(C)N=3)cccc1OC. The Morgan fingerprint density at radius 1 is 1.18 bits per heavy atom. The van der Waals surface area contributed by atoms with Crippen molar-refractivity contribution in [3.63, 3.8) is 0 Å². The number of esters is 1. The highest BCUT2D eigenvalue weighted by molar-refractivity contribution is 7.07. The molecule has 206 valence electrons. The lowest BCUT2D eigenvalue weighted by Crippen LogP contribution is -2.40. The minimum atomic E-state index is -0.706. The van der Waals surface area contributed by atoms with E-state index in [4.69, 9.17) is 25.8 Å². The molecule has 0 aliphatic carbocycles. The largest absolute Gasteiger partial charge is 0.493 e. The molecule has 0 amide bonds. The Morgan fingerprint density at radius 3 is 2.59 bits per heavy atom. The lowest BCUT2D eigenvalue weighted by molar-refractivity contribution is -0.143. The Bertz CT molecular complexity index is 1550. The van der Waals surface area contributed by atoms with Gasteiger partial charge in [0.15, 0.2) is 16.3 Å². The third kappa shape index (κ3) is 6.28. The second kappa shape index (κ2) is 12.7. The highest BCUT2D eigenvalue weighted by Gasteiger charge is 2.33. The highest BCUT2D eigenvalue weighted by Crippen LogP contribution is 2.33. The van der Waals surface area contributed by atoms with Crippen LogP contribution < -0.4 is 24.4 Å². The van der Waals surface area contributed by atoms with Crippen molar-refractivity contribution in [3.05, 3.63) is 89.6 Å². The van der Waals surface area contributed by atoms with Gasteiger partial charge >= 0.3 is 5.97 Å². The number of methoxy groups -OCH3 is 1. The summed E-state index contributed by atoms with van der Waals surface area (Å²) < 4.78 is 19.2. The first-order valence-electron chi connectivity index (χ1n) is 13.0. The molecule has 2 heterocycles. The molecule has 1 aliphatic rings. The fraction of sp³-hybridized carbons (Fsp3) is 0.367. The van der Waals surface area contributed by atoms with E-state index in [0.717, 1.165) is 30.4 Å². The van der Waals surface area contributed by atoms with Crippen LogP contribution in [0.4, 0.5) is 0 Å². The minimum Gasteiger partial charge on any atom is -0.493 e. The summed E-state index contributed by atoms with van der Waals surface area (Å²) in [5.41, 5.74) is 2.04. The summed E-state index contributed by atoms with van der Waals surface area (Å²) in [5.74, 6) is 0.686. The van der Waals surface area contributed by atoms with Gasteiger partial charge in [0, 0.05) is 10.6 Å². The summed E-state index contributed by atoms with van der Waals surface area (Å²) in [7, 11) is 1.60. The quantitative estimate of drug-likeness (QED) is 0.241. The van der Waals surface area contributed by atoms with Crippen LogP contribution in [-0.4, -0.2) is 30.4 Å². The normalized spacial score (nSPS) is 15.3. The van der Waals surface area contributed by atoms with Crippen LogP contribution in [0.3, 0.4) is 0 Å². The molecule has 0 N–H and O–H groups in total. The molecule has 39 heavy (non-hydrogen) atoms. The summed E-state index contributed by atoms with van der Waals surface area (Å²) in [6.07, 6.45) is 4.55. The van der Waals surface area contributed by atoms with Gasteiger partial charge in [-0.2, -0.15) is 0 Å². The van der Waals surface area contributed by atoms with E-state index in [0.29, 0.717) is 43.7 Å². The number of fused-ring (bicyclic) bond motifs is 1. The van der Waals surface area contributed by atoms with Gasteiger partial charge in [0.2, 0.25) is 0 Å². The summed E-state index contributed by atoms with van der Waals surface area (Å²) in [4.78, 5) is 32.3. The maximum Gasteiger partial charge on any atom is 0.338 e.